The zero-order valence-corrected chi connectivity index (χ0v) is 17.1. The maximum absolute atomic E-state index is 10.4. The van der Waals surface area contributed by atoms with Gasteiger partial charge in [0.1, 0.15) is 18.2 Å². The number of hydrogen-bond acceptors (Lipinski definition) is 5. The first-order valence-corrected chi connectivity index (χ1v) is 12.5. The van der Waals surface area contributed by atoms with Crippen molar-refractivity contribution in [1.82, 2.24) is 19.5 Å². The molecule has 0 fully saturated rings. The van der Waals surface area contributed by atoms with Crippen LogP contribution in [0.4, 0.5) is 0 Å². The summed E-state index contributed by atoms with van der Waals surface area (Å²) >= 11 is 0. The number of rotatable bonds is 6. The highest BCUT2D eigenvalue weighted by Gasteiger charge is 2.18. The maximum Gasteiger partial charge on any atom is 0.224 e. The van der Waals surface area contributed by atoms with Gasteiger partial charge in [0.2, 0.25) is 5.88 Å². The van der Waals surface area contributed by atoms with Crippen molar-refractivity contribution in [3.05, 3.63) is 36.0 Å². The van der Waals surface area contributed by atoms with Crippen molar-refractivity contribution in [2.45, 2.75) is 46.3 Å². The van der Waals surface area contributed by atoms with E-state index < -0.39 is 8.07 Å². The first kappa shape index (κ1) is 18.5. The smallest absolute Gasteiger partial charge is 0.224 e. The Hall–Kier alpha value is -2.25. The van der Waals surface area contributed by atoms with Crippen LogP contribution in [0.3, 0.4) is 0 Å². The molecule has 0 aliphatic heterocycles. The Balaban J connectivity index is 1.98. The van der Waals surface area contributed by atoms with E-state index in [-0.39, 0.29) is 5.88 Å². The number of hydrogen-bond donors (Lipinski definition) is 1. The molecule has 7 heteroatoms. The van der Waals surface area contributed by atoms with Gasteiger partial charge in [0.05, 0.1) is 5.39 Å². The minimum atomic E-state index is -1.13. The summed E-state index contributed by atoms with van der Waals surface area (Å²) in [6, 6.07) is 5.03. The van der Waals surface area contributed by atoms with Crippen LogP contribution in [-0.4, -0.2) is 39.3 Å². The summed E-state index contributed by atoms with van der Waals surface area (Å²) in [5, 5.41) is 11.1. The molecule has 0 radical (unpaired) electrons. The zero-order valence-electron chi connectivity index (χ0n) is 16.1. The Kier molecular flexibility index (Phi) is 5.11. The van der Waals surface area contributed by atoms with Crippen molar-refractivity contribution < 1.29 is 9.84 Å². The quantitative estimate of drug-likeness (QED) is 0.522. The highest BCUT2D eigenvalue weighted by Crippen LogP contribution is 2.34. The fourth-order valence-corrected chi connectivity index (χ4v) is 3.60. The summed E-state index contributed by atoms with van der Waals surface area (Å²) in [7, 11) is -1.13. The number of aryl methyl sites for hydroxylation is 2. The number of fused-ring (bicyclic) bond motifs is 1. The molecule has 3 rings (SSSR count). The van der Waals surface area contributed by atoms with Crippen LogP contribution in [0.2, 0.25) is 25.7 Å². The zero-order chi connectivity index (χ0) is 18.9. The molecule has 0 spiro atoms. The van der Waals surface area contributed by atoms with E-state index in [1.807, 2.05) is 29.8 Å². The van der Waals surface area contributed by atoms with E-state index in [0.29, 0.717) is 23.6 Å². The lowest BCUT2D eigenvalue weighted by atomic mass is 10.1. The molecule has 0 aromatic carbocycles. The minimum absolute atomic E-state index is 0.00202. The third-order valence-corrected chi connectivity index (χ3v) is 5.95. The van der Waals surface area contributed by atoms with Gasteiger partial charge in [-0.2, -0.15) is 4.98 Å². The van der Waals surface area contributed by atoms with Crippen LogP contribution in [-0.2, 0) is 11.5 Å². The molecule has 6 nitrogen and oxygen atoms in total. The largest absolute Gasteiger partial charge is 0.493 e. The Bertz CT molecular complexity index is 931. The SMILES string of the molecule is Cc1cc(-c2cn(COCC[Si](C)(C)C)c3nc(C)nc(O)c23)ccn1. The van der Waals surface area contributed by atoms with Gasteiger partial charge in [-0.25, -0.2) is 4.98 Å². The average Bonchev–Trinajstić information content (AvgIpc) is 2.89. The molecule has 0 aliphatic rings. The summed E-state index contributed by atoms with van der Waals surface area (Å²) in [6.45, 7) is 11.9. The van der Waals surface area contributed by atoms with E-state index in [1.165, 1.54) is 0 Å². The minimum Gasteiger partial charge on any atom is -0.493 e. The summed E-state index contributed by atoms with van der Waals surface area (Å²) in [6.07, 6.45) is 3.74. The molecule has 3 aromatic rings. The lowest BCUT2D eigenvalue weighted by molar-refractivity contribution is 0.0899. The van der Waals surface area contributed by atoms with Crippen LogP contribution in [0.5, 0.6) is 5.88 Å². The van der Waals surface area contributed by atoms with Crippen LogP contribution in [0.25, 0.3) is 22.2 Å². The van der Waals surface area contributed by atoms with Gasteiger partial charge in [0.15, 0.2) is 0 Å². The Morgan fingerprint density at radius 1 is 1.19 bits per heavy atom. The van der Waals surface area contributed by atoms with Gasteiger partial charge in [0.25, 0.3) is 0 Å². The van der Waals surface area contributed by atoms with E-state index >= 15 is 0 Å². The second kappa shape index (κ2) is 7.17. The lowest BCUT2D eigenvalue weighted by Gasteiger charge is -2.15. The molecule has 3 aromatic heterocycles. The predicted molar refractivity (Wildman–Crippen MR) is 106 cm³/mol. The fraction of sp³-hybridized carbons (Fsp3) is 0.421. The number of nitrogens with zero attached hydrogens (tertiary/aromatic N) is 4. The second-order valence-corrected chi connectivity index (χ2v) is 13.5. The van der Waals surface area contributed by atoms with Crippen LogP contribution >= 0.6 is 0 Å². The van der Waals surface area contributed by atoms with Gasteiger partial charge in [-0.3, -0.25) is 4.98 Å². The van der Waals surface area contributed by atoms with Crippen LogP contribution in [0, 0.1) is 13.8 Å². The number of aromatic nitrogens is 4. The Morgan fingerprint density at radius 3 is 2.65 bits per heavy atom. The molecular weight excluding hydrogens is 344 g/mol. The molecule has 0 saturated carbocycles. The molecule has 0 unspecified atom stereocenters. The Morgan fingerprint density at radius 2 is 1.96 bits per heavy atom. The Labute approximate surface area is 154 Å². The topological polar surface area (TPSA) is 73.1 Å². The van der Waals surface area contributed by atoms with Crippen molar-refractivity contribution in [3.63, 3.8) is 0 Å². The van der Waals surface area contributed by atoms with Gasteiger partial charge in [-0.05, 0) is 37.6 Å². The molecule has 0 amide bonds. The average molecular weight is 371 g/mol. The number of aromatic hydroxyl groups is 1. The summed E-state index contributed by atoms with van der Waals surface area (Å²) < 4.78 is 7.84. The van der Waals surface area contributed by atoms with E-state index in [1.54, 1.807) is 13.1 Å². The van der Waals surface area contributed by atoms with Gasteiger partial charge >= 0.3 is 0 Å². The van der Waals surface area contributed by atoms with E-state index in [0.717, 1.165) is 29.5 Å². The van der Waals surface area contributed by atoms with Crippen molar-refractivity contribution in [3.8, 4) is 17.0 Å². The molecule has 0 aliphatic carbocycles. The molecule has 138 valence electrons. The van der Waals surface area contributed by atoms with Crippen LogP contribution < -0.4 is 0 Å². The maximum atomic E-state index is 10.4. The molecular formula is C19H26N4O2Si. The van der Waals surface area contributed by atoms with Crippen molar-refractivity contribution in [1.29, 1.82) is 0 Å². The molecule has 0 saturated heterocycles. The van der Waals surface area contributed by atoms with E-state index in [9.17, 15) is 5.11 Å². The van der Waals surface area contributed by atoms with Gasteiger partial charge in [-0.1, -0.05) is 19.6 Å². The number of ether oxygens (including phenoxy) is 1. The summed E-state index contributed by atoms with van der Waals surface area (Å²) in [5.74, 6) is 0.534. The highest BCUT2D eigenvalue weighted by atomic mass is 28.3. The highest BCUT2D eigenvalue weighted by molar-refractivity contribution is 6.76. The van der Waals surface area contributed by atoms with Crippen molar-refractivity contribution >= 4 is 19.1 Å². The second-order valence-electron chi connectivity index (χ2n) is 7.84. The third-order valence-electron chi connectivity index (χ3n) is 4.24. The van der Waals surface area contributed by atoms with Gasteiger partial charge in [0, 0.05) is 38.3 Å². The van der Waals surface area contributed by atoms with Crippen molar-refractivity contribution in [2.24, 2.45) is 0 Å². The number of pyridine rings is 1. The molecule has 1 N–H and O–H groups in total. The first-order valence-electron chi connectivity index (χ1n) is 8.82. The third kappa shape index (κ3) is 4.11. The summed E-state index contributed by atoms with van der Waals surface area (Å²) in [4.78, 5) is 12.9. The van der Waals surface area contributed by atoms with Crippen molar-refractivity contribution in [2.75, 3.05) is 6.61 Å². The van der Waals surface area contributed by atoms with E-state index in [2.05, 4.69) is 34.6 Å². The fourth-order valence-electron chi connectivity index (χ4n) is 2.85. The van der Waals surface area contributed by atoms with Gasteiger partial charge < -0.3 is 14.4 Å². The monoisotopic (exact) mass is 370 g/mol. The van der Waals surface area contributed by atoms with Crippen LogP contribution in [0.1, 0.15) is 11.5 Å². The summed E-state index contributed by atoms with van der Waals surface area (Å²) in [5.41, 5.74) is 3.47. The normalized spacial score (nSPS) is 12.0. The molecule has 0 atom stereocenters. The predicted octanol–water partition coefficient (Wildman–Crippen LogP) is 4.13. The van der Waals surface area contributed by atoms with Gasteiger partial charge in [-0.15, -0.1) is 0 Å². The first-order chi connectivity index (χ1) is 12.2. The lowest BCUT2D eigenvalue weighted by Crippen LogP contribution is -2.22. The van der Waals surface area contributed by atoms with Crippen LogP contribution in [0.15, 0.2) is 24.5 Å². The van der Waals surface area contributed by atoms with E-state index in [4.69, 9.17) is 4.74 Å². The standard InChI is InChI=1S/C19H26N4O2Si/c1-13-10-15(6-7-20-13)16-11-23(12-25-8-9-26(3,4)5)18-17(16)19(24)22-14(2)21-18/h6-7,10-11H,8-9,12H2,1-5H3,(H,21,22,24). The molecule has 0 bridgehead atoms. The molecule has 3 heterocycles. The molecule has 26 heavy (non-hydrogen) atoms.